The molecule has 1 N–H and O–H groups in total. The quantitative estimate of drug-likeness (QED) is 0.783. The Labute approximate surface area is 113 Å². The number of likely N-dealkylation sites (tertiary alicyclic amines) is 1. The lowest BCUT2D eigenvalue weighted by Crippen LogP contribution is -2.36. The number of Topliss-reactive ketones (excluding diaryl/α,β-unsaturated/α-hetero) is 1. The van der Waals surface area contributed by atoms with Gasteiger partial charge in [0.1, 0.15) is 5.92 Å². The minimum absolute atomic E-state index is 0.0914. The number of nitrogens with zero attached hydrogens (tertiary/aromatic N) is 1. The van der Waals surface area contributed by atoms with Crippen LogP contribution in [0.3, 0.4) is 0 Å². The van der Waals surface area contributed by atoms with Crippen LogP contribution in [-0.2, 0) is 9.59 Å². The molecule has 0 saturated carbocycles. The summed E-state index contributed by atoms with van der Waals surface area (Å²) in [7, 11) is 0. The molecule has 0 bridgehead atoms. The van der Waals surface area contributed by atoms with Crippen molar-refractivity contribution in [2.45, 2.75) is 25.6 Å². The average molecular weight is 288 g/mol. The predicted octanol–water partition coefficient (Wildman–Crippen LogP) is 1.02. The number of β-amino-alcohol motifs (C(OH)–C–C–N with tert-alkyl or cyclic N) is 1. The van der Waals surface area contributed by atoms with E-state index in [1.165, 1.54) is 11.8 Å². The summed E-state index contributed by atoms with van der Waals surface area (Å²) < 4.78 is 38.1. The highest BCUT2D eigenvalue weighted by molar-refractivity contribution is 6.03. The van der Waals surface area contributed by atoms with E-state index in [0.29, 0.717) is 12.5 Å². The van der Waals surface area contributed by atoms with Crippen molar-refractivity contribution in [3.63, 3.8) is 0 Å². The van der Waals surface area contributed by atoms with Crippen molar-refractivity contribution >= 4 is 11.7 Å². The van der Waals surface area contributed by atoms with E-state index in [2.05, 4.69) is 6.08 Å². The molecule has 20 heavy (non-hydrogen) atoms. The van der Waals surface area contributed by atoms with Gasteiger partial charge >= 0.3 is 6.18 Å². The molecule has 2 unspecified atom stereocenters. The molecule has 1 fully saturated rings. The Kier molecular flexibility index (Phi) is 3.73. The third-order valence-corrected chi connectivity index (χ3v) is 3.36. The van der Waals surface area contributed by atoms with Crippen molar-refractivity contribution in [3.8, 4) is 0 Å². The smallest absolute Gasteiger partial charge is 0.391 e. The third-order valence-electron chi connectivity index (χ3n) is 3.36. The van der Waals surface area contributed by atoms with E-state index in [-0.39, 0.29) is 24.2 Å². The van der Waals surface area contributed by atoms with E-state index in [4.69, 9.17) is 0 Å². The van der Waals surface area contributed by atoms with Gasteiger partial charge in [-0.25, -0.2) is 0 Å². The molecule has 7 heteroatoms. The fraction of sp³-hybridized carbons (Fsp3) is 0.538. The molecule has 2 rings (SSSR count). The van der Waals surface area contributed by atoms with Crippen LogP contribution in [0.5, 0.6) is 0 Å². The average Bonchev–Trinajstić information content (AvgIpc) is 2.73. The lowest BCUT2D eigenvalue weighted by atomic mass is 9.89. The Morgan fingerprint density at radius 3 is 2.65 bits per heavy atom. The molecule has 1 radical (unpaired) electrons. The monoisotopic (exact) mass is 288 g/mol. The molecule has 109 valence electrons. The van der Waals surface area contributed by atoms with Crippen molar-refractivity contribution in [1.82, 2.24) is 4.90 Å². The van der Waals surface area contributed by atoms with E-state index in [0.717, 1.165) is 0 Å². The lowest BCUT2D eigenvalue weighted by Gasteiger charge is -2.23. The summed E-state index contributed by atoms with van der Waals surface area (Å²) in [5.41, 5.74) is -0.0667. The molecule has 1 amide bonds. The molecule has 0 aromatic rings. The molecular weight excluding hydrogens is 275 g/mol. The van der Waals surface area contributed by atoms with Gasteiger partial charge in [-0.15, -0.1) is 0 Å². The second-order valence-electron chi connectivity index (χ2n) is 4.91. The zero-order chi connectivity index (χ0) is 15.1. The molecule has 1 saturated heterocycles. The molecule has 1 aliphatic carbocycles. The summed E-state index contributed by atoms with van der Waals surface area (Å²) in [6, 6.07) is 0. The van der Waals surface area contributed by atoms with Crippen LogP contribution in [0.2, 0.25) is 0 Å². The first-order chi connectivity index (χ1) is 9.20. The summed E-state index contributed by atoms with van der Waals surface area (Å²) in [4.78, 5) is 24.8. The topological polar surface area (TPSA) is 57.6 Å². The standard InChI is InChI=1S/C13H13F3NO3/c1-7-4-11(19)10(13(14,15)16)5-9(7)12(20)17-3-2-8(18)6-17/h5,8,10,18H,2-3,6H2,1H3. The summed E-state index contributed by atoms with van der Waals surface area (Å²) >= 11 is 0. The lowest BCUT2D eigenvalue weighted by molar-refractivity contribution is -0.169. The first kappa shape index (κ1) is 14.8. The van der Waals surface area contributed by atoms with Crippen molar-refractivity contribution in [3.05, 3.63) is 23.3 Å². The normalized spacial score (nSPS) is 27.4. The number of aliphatic hydroxyl groups excluding tert-OH is 1. The Balaban J connectivity index is 2.27. The molecule has 4 nitrogen and oxygen atoms in total. The van der Waals surface area contributed by atoms with E-state index in [1.54, 1.807) is 0 Å². The van der Waals surface area contributed by atoms with Gasteiger partial charge in [-0.3, -0.25) is 9.59 Å². The number of alkyl halides is 3. The van der Waals surface area contributed by atoms with E-state index in [1.807, 2.05) is 0 Å². The Morgan fingerprint density at radius 1 is 1.50 bits per heavy atom. The number of rotatable bonds is 1. The highest BCUT2D eigenvalue weighted by Crippen LogP contribution is 2.34. The van der Waals surface area contributed by atoms with Crippen molar-refractivity contribution in [2.75, 3.05) is 13.1 Å². The van der Waals surface area contributed by atoms with Crippen molar-refractivity contribution in [2.24, 2.45) is 5.92 Å². The van der Waals surface area contributed by atoms with Crippen LogP contribution >= 0.6 is 0 Å². The number of carbonyl (C=O) groups is 2. The van der Waals surface area contributed by atoms with E-state index >= 15 is 0 Å². The van der Waals surface area contributed by atoms with Gasteiger partial charge in [-0.05, 0) is 18.9 Å². The zero-order valence-corrected chi connectivity index (χ0v) is 10.7. The second-order valence-corrected chi connectivity index (χ2v) is 4.91. The number of hydrogen-bond donors (Lipinski definition) is 1. The minimum atomic E-state index is -4.74. The fourth-order valence-corrected chi connectivity index (χ4v) is 2.27. The number of halogens is 3. The first-order valence-electron chi connectivity index (χ1n) is 6.11. The first-order valence-corrected chi connectivity index (χ1v) is 6.11. The van der Waals surface area contributed by atoms with Crippen LogP contribution in [0.4, 0.5) is 13.2 Å². The molecular formula is C13H13F3NO3. The Morgan fingerprint density at radius 2 is 2.15 bits per heavy atom. The van der Waals surface area contributed by atoms with Crippen molar-refractivity contribution in [1.29, 1.82) is 0 Å². The number of amides is 1. The second kappa shape index (κ2) is 5.05. The van der Waals surface area contributed by atoms with Crippen LogP contribution in [0, 0.1) is 12.0 Å². The molecule has 2 aliphatic rings. The molecule has 1 heterocycles. The SMILES string of the molecule is CC1=[C]C(=O)C(C(F)(F)F)C=C1C(=O)N1CCC(O)C1. The number of allylic oxidation sites excluding steroid dienone is 2. The molecule has 1 aliphatic heterocycles. The van der Waals surface area contributed by atoms with Gasteiger partial charge in [-0.1, -0.05) is 6.08 Å². The van der Waals surface area contributed by atoms with Gasteiger partial charge in [0.05, 0.1) is 6.10 Å². The number of hydrogen-bond acceptors (Lipinski definition) is 3. The van der Waals surface area contributed by atoms with Crippen LogP contribution in [-0.4, -0.2) is 47.1 Å². The summed E-state index contributed by atoms with van der Waals surface area (Å²) in [6.45, 7) is 1.75. The van der Waals surface area contributed by atoms with Gasteiger partial charge < -0.3 is 10.0 Å². The molecule has 0 aromatic carbocycles. The van der Waals surface area contributed by atoms with E-state index < -0.39 is 29.9 Å². The zero-order valence-electron chi connectivity index (χ0n) is 10.7. The van der Waals surface area contributed by atoms with Crippen LogP contribution in [0.1, 0.15) is 13.3 Å². The number of ketones is 1. The maximum absolute atomic E-state index is 12.7. The number of carbonyl (C=O) groups excluding carboxylic acids is 2. The van der Waals surface area contributed by atoms with E-state index in [9.17, 15) is 27.9 Å². The van der Waals surface area contributed by atoms with Gasteiger partial charge in [0.25, 0.3) is 5.91 Å². The van der Waals surface area contributed by atoms with Gasteiger partial charge in [0.2, 0.25) is 0 Å². The van der Waals surface area contributed by atoms with Gasteiger partial charge in [0, 0.05) is 24.7 Å². The summed E-state index contributed by atoms with van der Waals surface area (Å²) in [6.07, 6.45) is -2.26. The predicted molar refractivity (Wildman–Crippen MR) is 62.3 cm³/mol. The maximum atomic E-state index is 12.7. The molecule has 0 aromatic heterocycles. The Bertz CT molecular complexity index is 507. The van der Waals surface area contributed by atoms with Gasteiger partial charge in [0.15, 0.2) is 5.78 Å². The number of aliphatic hydroxyl groups is 1. The minimum Gasteiger partial charge on any atom is -0.391 e. The third kappa shape index (κ3) is 2.77. The fourth-order valence-electron chi connectivity index (χ4n) is 2.27. The van der Waals surface area contributed by atoms with Crippen LogP contribution in [0.25, 0.3) is 0 Å². The molecule has 0 spiro atoms. The van der Waals surface area contributed by atoms with Gasteiger partial charge in [-0.2, -0.15) is 13.2 Å². The van der Waals surface area contributed by atoms with Crippen LogP contribution < -0.4 is 0 Å². The maximum Gasteiger partial charge on any atom is 0.402 e. The Hall–Kier alpha value is -1.63. The highest BCUT2D eigenvalue weighted by Gasteiger charge is 2.45. The summed E-state index contributed by atoms with van der Waals surface area (Å²) in [5, 5.41) is 9.37. The largest absolute Gasteiger partial charge is 0.402 e. The van der Waals surface area contributed by atoms with Crippen molar-refractivity contribution < 1.29 is 27.9 Å². The van der Waals surface area contributed by atoms with Crippen LogP contribution in [0.15, 0.2) is 17.2 Å². The summed E-state index contributed by atoms with van der Waals surface area (Å²) in [5.74, 6) is -4.11. The highest BCUT2D eigenvalue weighted by atomic mass is 19.4. The molecule has 2 atom stereocenters.